The predicted octanol–water partition coefficient (Wildman–Crippen LogP) is 4.33. The molecule has 0 aromatic rings. The third kappa shape index (κ3) is 31.4. The fraction of sp³-hybridized carbons (Fsp3) is 0.909. The first-order valence-electron chi connectivity index (χ1n) is 5.74. The molecular formula is C11H25BrN2S. The van der Waals surface area contributed by atoms with E-state index in [2.05, 4.69) is 41.2 Å². The maximum Gasteiger partial charge on any atom is 0.147 e. The van der Waals surface area contributed by atoms with Gasteiger partial charge < -0.3 is 5.73 Å². The van der Waals surface area contributed by atoms with Gasteiger partial charge in [0.25, 0.3) is 0 Å². The molecule has 3 N–H and O–H groups in total. The van der Waals surface area contributed by atoms with Crippen LogP contribution in [0.3, 0.4) is 0 Å². The lowest BCUT2D eigenvalue weighted by Crippen LogP contribution is -1.96. The summed E-state index contributed by atoms with van der Waals surface area (Å²) in [4.78, 5) is 0. The molecule has 0 aromatic heterocycles. The molecule has 92 valence electrons. The van der Waals surface area contributed by atoms with Crippen molar-refractivity contribution in [2.75, 3.05) is 5.33 Å². The summed E-state index contributed by atoms with van der Waals surface area (Å²) >= 11 is 6.77. The van der Waals surface area contributed by atoms with Crippen LogP contribution in [0.15, 0.2) is 0 Å². The Labute approximate surface area is 108 Å². The van der Waals surface area contributed by atoms with E-state index in [1.54, 1.807) is 0 Å². The highest BCUT2D eigenvalue weighted by atomic mass is 79.9. The molecule has 0 amide bonds. The van der Waals surface area contributed by atoms with E-state index < -0.39 is 0 Å². The average molecular weight is 297 g/mol. The van der Waals surface area contributed by atoms with Gasteiger partial charge in [-0.2, -0.15) is 0 Å². The van der Waals surface area contributed by atoms with E-state index in [-0.39, 0.29) is 5.17 Å². The Hall–Kier alpha value is 0.300. The topological polar surface area (TPSA) is 49.9 Å². The molecule has 0 aliphatic heterocycles. The lowest BCUT2D eigenvalue weighted by atomic mass is 10.1. The minimum Gasteiger partial charge on any atom is -0.379 e. The van der Waals surface area contributed by atoms with E-state index in [9.17, 15) is 0 Å². The van der Waals surface area contributed by atoms with Crippen molar-refractivity contribution < 1.29 is 0 Å². The summed E-state index contributed by atoms with van der Waals surface area (Å²) in [6.07, 6.45) is 11.4. The Morgan fingerprint density at radius 2 is 1.40 bits per heavy atom. The lowest BCUT2D eigenvalue weighted by molar-refractivity contribution is 0.587. The SMILES string of the molecule is CCCCCCCCCCBr.N=C(N)S. The van der Waals surface area contributed by atoms with Crippen LogP contribution in [0.2, 0.25) is 0 Å². The number of rotatable bonds is 8. The van der Waals surface area contributed by atoms with Crippen LogP contribution in [-0.4, -0.2) is 10.5 Å². The second-order valence-corrected chi connectivity index (χ2v) is 4.82. The molecule has 0 rings (SSSR count). The standard InChI is InChI=1S/C10H21Br.CH4N2S/c1-2-3-4-5-6-7-8-9-10-11;2-1(3)4/h2-10H2,1H3;(H4,2,3,4). The van der Waals surface area contributed by atoms with Gasteiger partial charge >= 0.3 is 0 Å². The van der Waals surface area contributed by atoms with Gasteiger partial charge in [0.05, 0.1) is 0 Å². The fourth-order valence-electron chi connectivity index (χ4n) is 1.23. The van der Waals surface area contributed by atoms with Gasteiger partial charge in [0, 0.05) is 5.33 Å². The lowest BCUT2D eigenvalue weighted by Gasteiger charge is -1.98. The zero-order valence-electron chi connectivity index (χ0n) is 9.77. The minimum absolute atomic E-state index is 0.139. The third-order valence-corrected chi connectivity index (χ3v) is 2.55. The molecular weight excluding hydrogens is 272 g/mol. The molecule has 0 radical (unpaired) electrons. The van der Waals surface area contributed by atoms with Crippen molar-refractivity contribution in [2.45, 2.75) is 58.3 Å². The van der Waals surface area contributed by atoms with Gasteiger partial charge in [-0.3, -0.25) is 5.41 Å². The number of unbranched alkanes of at least 4 members (excludes halogenated alkanes) is 7. The Bertz CT molecular complexity index is 120. The quantitative estimate of drug-likeness (QED) is 0.202. The van der Waals surface area contributed by atoms with Crippen molar-refractivity contribution in [3.05, 3.63) is 0 Å². The van der Waals surface area contributed by atoms with E-state index in [1.807, 2.05) is 0 Å². The highest BCUT2D eigenvalue weighted by Gasteiger charge is 1.89. The van der Waals surface area contributed by atoms with Crippen LogP contribution >= 0.6 is 28.6 Å². The van der Waals surface area contributed by atoms with Crippen LogP contribution in [0.5, 0.6) is 0 Å². The molecule has 0 unspecified atom stereocenters. The monoisotopic (exact) mass is 296 g/mol. The average Bonchev–Trinajstić information content (AvgIpc) is 2.16. The fourth-order valence-corrected chi connectivity index (χ4v) is 1.62. The van der Waals surface area contributed by atoms with E-state index in [0.717, 1.165) is 0 Å². The van der Waals surface area contributed by atoms with E-state index in [0.29, 0.717) is 0 Å². The third-order valence-electron chi connectivity index (χ3n) is 1.99. The van der Waals surface area contributed by atoms with Gasteiger partial charge in [0.2, 0.25) is 0 Å². The number of nitrogens with two attached hydrogens (primary N) is 1. The summed E-state index contributed by atoms with van der Waals surface area (Å²) in [5.74, 6) is 0. The van der Waals surface area contributed by atoms with Crippen LogP contribution < -0.4 is 5.73 Å². The highest BCUT2D eigenvalue weighted by molar-refractivity contribution is 9.09. The molecule has 0 bridgehead atoms. The Morgan fingerprint density at radius 1 is 1.07 bits per heavy atom. The summed E-state index contributed by atoms with van der Waals surface area (Å²) < 4.78 is 0. The van der Waals surface area contributed by atoms with Crippen LogP contribution in [0.1, 0.15) is 58.3 Å². The van der Waals surface area contributed by atoms with Crippen molar-refractivity contribution in [3.63, 3.8) is 0 Å². The number of amidine groups is 1. The first-order valence-corrected chi connectivity index (χ1v) is 7.31. The molecule has 2 nitrogen and oxygen atoms in total. The first-order chi connectivity index (χ1) is 7.15. The molecule has 0 aromatic carbocycles. The first kappa shape index (κ1) is 17.7. The molecule has 0 aliphatic carbocycles. The Kier molecular flexibility index (Phi) is 19.7. The number of thiol groups is 1. The number of alkyl halides is 1. The van der Waals surface area contributed by atoms with Crippen molar-refractivity contribution in [3.8, 4) is 0 Å². The van der Waals surface area contributed by atoms with E-state index >= 15 is 0 Å². The van der Waals surface area contributed by atoms with Gasteiger partial charge in [-0.05, 0) is 6.42 Å². The predicted molar refractivity (Wildman–Crippen MR) is 77.3 cm³/mol. The van der Waals surface area contributed by atoms with Gasteiger partial charge in [-0.15, -0.1) is 12.6 Å². The van der Waals surface area contributed by atoms with Gasteiger partial charge in [0.1, 0.15) is 5.17 Å². The van der Waals surface area contributed by atoms with Gasteiger partial charge in [-0.1, -0.05) is 67.8 Å². The summed E-state index contributed by atoms with van der Waals surface area (Å²) in [5, 5.41) is 7.19. The zero-order chi connectivity index (χ0) is 11.9. The number of halogens is 1. The van der Waals surface area contributed by atoms with Crippen LogP contribution in [0, 0.1) is 5.41 Å². The molecule has 0 atom stereocenters. The molecule has 0 saturated carbocycles. The second-order valence-electron chi connectivity index (χ2n) is 3.55. The molecule has 15 heavy (non-hydrogen) atoms. The molecule has 0 heterocycles. The van der Waals surface area contributed by atoms with Gasteiger partial charge in [-0.25, -0.2) is 0 Å². The van der Waals surface area contributed by atoms with Crippen LogP contribution in [0.25, 0.3) is 0 Å². The zero-order valence-corrected chi connectivity index (χ0v) is 12.2. The second kappa shape index (κ2) is 16.7. The molecule has 0 fully saturated rings. The normalized spacial score (nSPS) is 9.27. The number of nitrogens with one attached hydrogen (secondary N) is 1. The highest BCUT2D eigenvalue weighted by Crippen LogP contribution is 2.08. The van der Waals surface area contributed by atoms with Crippen molar-refractivity contribution >= 4 is 33.7 Å². The van der Waals surface area contributed by atoms with Crippen molar-refractivity contribution in [1.29, 1.82) is 5.41 Å². The van der Waals surface area contributed by atoms with Crippen LogP contribution in [0.4, 0.5) is 0 Å². The maximum absolute atomic E-state index is 6.14. The molecule has 0 saturated heterocycles. The van der Waals surface area contributed by atoms with Crippen LogP contribution in [-0.2, 0) is 0 Å². The van der Waals surface area contributed by atoms with E-state index in [4.69, 9.17) is 5.41 Å². The smallest absolute Gasteiger partial charge is 0.147 e. The summed E-state index contributed by atoms with van der Waals surface area (Å²) in [6.45, 7) is 2.27. The number of hydrogen-bond donors (Lipinski definition) is 3. The summed E-state index contributed by atoms with van der Waals surface area (Å²) in [5.41, 5.74) is 4.56. The Balaban J connectivity index is 0. The minimum atomic E-state index is -0.139. The largest absolute Gasteiger partial charge is 0.379 e. The number of hydrogen-bond acceptors (Lipinski definition) is 1. The molecule has 0 aliphatic rings. The van der Waals surface area contributed by atoms with E-state index in [1.165, 1.54) is 56.7 Å². The maximum atomic E-state index is 6.14. The van der Waals surface area contributed by atoms with Crippen molar-refractivity contribution in [2.24, 2.45) is 5.73 Å². The summed E-state index contributed by atoms with van der Waals surface area (Å²) in [6, 6.07) is 0. The summed E-state index contributed by atoms with van der Waals surface area (Å²) in [7, 11) is 0. The van der Waals surface area contributed by atoms with Gasteiger partial charge in [0.15, 0.2) is 0 Å². The van der Waals surface area contributed by atoms with Crippen molar-refractivity contribution in [1.82, 2.24) is 0 Å². The Morgan fingerprint density at radius 3 is 1.73 bits per heavy atom. The molecule has 0 spiro atoms. The molecule has 4 heteroatoms.